The van der Waals surface area contributed by atoms with E-state index >= 15 is 0 Å². The molecule has 0 unspecified atom stereocenters. The molecule has 0 atom stereocenters. The van der Waals surface area contributed by atoms with Crippen molar-refractivity contribution >= 4 is 11.7 Å². The summed E-state index contributed by atoms with van der Waals surface area (Å²) < 4.78 is 0. The van der Waals surface area contributed by atoms with Gasteiger partial charge in [-0.1, -0.05) is 17.0 Å². The standard InChI is InChI=1S/C11H8N4O4/c1-7-9(11(16)17)5-8(3-2-4-13-14-12)6-10(7)15(18)19/h5-6H,4H2,1H3,(H,16,17). The first-order valence-electron chi connectivity index (χ1n) is 4.99. The largest absolute Gasteiger partial charge is 0.478 e. The smallest absolute Gasteiger partial charge is 0.336 e. The molecule has 0 aliphatic heterocycles. The Hall–Kier alpha value is -3.04. The molecular formula is C11H8N4O4. The molecule has 0 spiro atoms. The molecule has 19 heavy (non-hydrogen) atoms. The third-order valence-electron chi connectivity index (χ3n) is 2.25. The fraction of sp³-hybridized carbons (Fsp3) is 0.182. The molecule has 0 heterocycles. The predicted octanol–water partition coefficient (Wildman–Crippen LogP) is 2.26. The molecule has 0 fully saturated rings. The van der Waals surface area contributed by atoms with Gasteiger partial charge in [0.25, 0.3) is 5.69 Å². The van der Waals surface area contributed by atoms with E-state index < -0.39 is 10.9 Å². The van der Waals surface area contributed by atoms with Gasteiger partial charge in [-0.3, -0.25) is 10.1 Å². The lowest BCUT2D eigenvalue weighted by atomic mass is 10.0. The Morgan fingerprint density at radius 1 is 1.63 bits per heavy atom. The Morgan fingerprint density at radius 2 is 2.32 bits per heavy atom. The summed E-state index contributed by atoms with van der Waals surface area (Å²) in [7, 11) is 0. The average Bonchev–Trinajstić information content (AvgIpc) is 2.35. The first-order chi connectivity index (χ1) is 8.97. The Labute approximate surface area is 107 Å². The van der Waals surface area contributed by atoms with Crippen molar-refractivity contribution in [3.63, 3.8) is 0 Å². The number of aromatic carboxylic acids is 1. The van der Waals surface area contributed by atoms with Gasteiger partial charge in [-0.05, 0) is 18.5 Å². The number of carboxylic acid groups (broad SMARTS) is 1. The second-order valence-electron chi connectivity index (χ2n) is 3.42. The highest BCUT2D eigenvalue weighted by Crippen LogP contribution is 2.23. The quantitative estimate of drug-likeness (QED) is 0.223. The molecule has 1 rings (SSSR count). The van der Waals surface area contributed by atoms with Crippen LogP contribution in [0.15, 0.2) is 17.2 Å². The zero-order valence-corrected chi connectivity index (χ0v) is 9.82. The fourth-order valence-electron chi connectivity index (χ4n) is 1.39. The molecule has 0 saturated heterocycles. The molecular weight excluding hydrogens is 252 g/mol. The van der Waals surface area contributed by atoms with Crippen molar-refractivity contribution in [1.29, 1.82) is 0 Å². The molecule has 0 bridgehead atoms. The maximum atomic E-state index is 11.0. The maximum Gasteiger partial charge on any atom is 0.336 e. The molecule has 8 nitrogen and oxygen atoms in total. The van der Waals surface area contributed by atoms with Crippen LogP contribution in [0.25, 0.3) is 10.4 Å². The van der Waals surface area contributed by atoms with Gasteiger partial charge in [0, 0.05) is 22.1 Å². The number of benzene rings is 1. The van der Waals surface area contributed by atoms with Crippen molar-refractivity contribution in [2.45, 2.75) is 6.92 Å². The average molecular weight is 260 g/mol. The topological polar surface area (TPSA) is 129 Å². The van der Waals surface area contributed by atoms with Gasteiger partial charge >= 0.3 is 5.97 Å². The predicted molar refractivity (Wildman–Crippen MR) is 65.7 cm³/mol. The van der Waals surface area contributed by atoms with Gasteiger partial charge in [-0.15, -0.1) is 0 Å². The Balaban J connectivity index is 3.33. The zero-order chi connectivity index (χ0) is 14.4. The highest BCUT2D eigenvalue weighted by atomic mass is 16.6. The summed E-state index contributed by atoms with van der Waals surface area (Å²) in [6.45, 7) is 1.26. The third kappa shape index (κ3) is 3.46. The minimum atomic E-state index is -1.26. The molecule has 0 aliphatic rings. The van der Waals surface area contributed by atoms with Gasteiger partial charge in [0.1, 0.15) is 0 Å². The van der Waals surface area contributed by atoms with Crippen molar-refractivity contribution in [1.82, 2.24) is 0 Å². The maximum absolute atomic E-state index is 11.0. The lowest BCUT2D eigenvalue weighted by molar-refractivity contribution is -0.385. The zero-order valence-electron chi connectivity index (χ0n) is 9.82. The van der Waals surface area contributed by atoms with E-state index in [1.54, 1.807) is 0 Å². The minimum Gasteiger partial charge on any atom is -0.478 e. The number of carboxylic acids is 1. The van der Waals surface area contributed by atoms with Gasteiger partial charge in [0.2, 0.25) is 0 Å². The van der Waals surface area contributed by atoms with Crippen LogP contribution in [0.3, 0.4) is 0 Å². The molecule has 8 heteroatoms. The number of azide groups is 1. The molecule has 0 radical (unpaired) electrons. The van der Waals surface area contributed by atoms with Crippen LogP contribution in [-0.4, -0.2) is 22.5 Å². The van der Waals surface area contributed by atoms with Gasteiger partial charge in [-0.2, -0.15) is 0 Å². The van der Waals surface area contributed by atoms with Gasteiger partial charge in [0.05, 0.1) is 17.0 Å². The van der Waals surface area contributed by atoms with E-state index in [0.29, 0.717) is 0 Å². The van der Waals surface area contributed by atoms with Crippen LogP contribution < -0.4 is 0 Å². The van der Waals surface area contributed by atoms with Gasteiger partial charge in [-0.25, -0.2) is 4.79 Å². The number of hydrogen-bond acceptors (Lipinski definition) is 4. The van der Waals surface area contributed by atoms with Crippen molar-refractivity contribution in [2.75, 3.05) is 6.54 Å². The highest BCUT2D eigenvalue weighted by molar-refractivity contribution is 5.91. The first-order valence-corrected chi connectivity index (χ1v) is 4.99. The van der Waals surface area contributed by atoms with Gasteiger partial charge in [0.15, 0.2) is 0 Å². The number of nitro groups is 1. The van der Waals surface area contributed by atoms with E-state index in [2.05, 4.69) is 21.9 Å². The number of rotatable bonds is 3. The van der Waals surface area contributed by atoms with Crippen LogP contribution in [-0.2, 0) is 0 Å². The molecule has 0 saturated carbocycles. The lowest BCUT2D eigenvalue weighted by Gasteiger charge is -2.03. The van der Waals surface area contributed by atoms with Crippen molar-refractivity contribution < 1.29 is 14.8 Å². The summed E-state index contributed by atoms with van der Waals surface area (Å²) in [5.74, 6) is 3.72. The van der Waals surface area contributed by atoms with Crippen LogP contribution in [0.2, 0.25) is 0 Å². The first kappa shape index (κ1) is 14.0. The number of nitro benzene ring substituents is 1. The van der Waals surface area contributed by atoms with Gasteiger partial charge < -0.3 is 5.11 Å². The molecule has 1 aromatic carbocycles. The van der Waals surface area contributed by atoms with Crippen LogP contribution in [0, 0.1) is 28.9 Å². The fourth-order valence-corrected chi connectivity index (χ4v) is 1.39. The number of carbonyl (C=O) groups is 1. The molecule has 0 aliphatic carbocycles. The Bertz CT molecular complexity index is 615. The van der Waals surface area contributed by atoms with Crippen molar-refractivity contribution in [3.8, 4) is 11.8 Å². The summed E-state index contributed by atoms with van der Waals surface area (Å²) in [4.78, 5) is 23.6. The van der Waals surface area contributed by atoms with E-state index in [1.165, 1.54) is 19.1 Å². The second kappa shape index (κ2) is 6.05. The number of nitrogens with zero attached hydrogens (tertiary/aromatic N) is 4. The van der Waals surface area contributed by atoms with E-state index in [4.69, 9.17) is 10.6 Å². The van der Waals surface area contributed by atoms with Crippen LogP contribution in [0.1, 0.15) is 21.5 Å². The summed E-state index contributed by atoms with van der Waals surface area (Å²) >= 11 is 0. The normalized spacial score (nSPS) is 8.89. The highest BCUT2D eigenvalue weighted by Gasteiger charge is 2.19. The summed E-state index contributed by atoms with van der Waals surface area (Å²) in [6, 6.07) is 2.43. The van der Waals surface area contributed by atoms with E-state index in [0.717, 1.165) is 0 Å². The van der Waals surface area contributed by atoms with E-state index in [1.807, 2.05) is 0 Å². The summed E-state index contributed by atoms with van der Waals surface area (Å²) in [5.41, 5.74) is 7.82. The summed E-state index contributed by atoms with van der Waals surface area (Å²) in [6.07, 6.45) is 0. The lowest BCUT2D eigenvalue weighted by Crippen LogP contribution is -2.04. The SMILES string of the molecule is Cc1c(C(=O)O)cc(C#CCN=[N+]=[N-])cc1[N+](=O)[O-]. The minimum absolute atomic E-state index is 0.0677. The molecule has 96 valence electrons. The van der Waals surface area contributed by atoms with Crippen molar-refractivity contribution in [3.05, 3.63) is 49.4 Å². The second-order valence-corrected chi connectivity index (χ2v) is 3.42. The molecule has 0 aromatic heterocycles. The monoisotopic (exact) mass is 260 g/mol. The molecule has 0 amide bonds. The Kier molecular flexibility index (Phi) is 4.46. The van der Waals surface area contributed by atoms with Crippen LogP contribution >= 0.6 is 0 Å². The Morgan fingerprint density at radius 3 is 2.84 bits per heavy atom. The van der Waals surface area contributed by atoms with E-state index in [9.17, 15) is 14.9 Å². The van der Waals surface area contributed by atoms with E-state index in [-0.39, 0.29) is 28.9 Å². The van der Waals surface area contributed by atoms with Crippen molar-refractivity contribution in [2.24, 2.45) is 5.11 Å². The molecule has 1 N–H and O–H groups in total. The van der Waals surface area contributed by atoms with Crippen LogP contribution in [0.5, 0.6) is 0 Å². The number of hydrogen-bond donors (Lipinski definition) is 1. The third-order valence-corrected chi connectivity index (χ3v) is 2.25. The molecule has 1 aromatic rings. The summed E-state index contributed by atoms with van der Waals surface area (Å²) in [5, 5.41) is 23.0. The van der Waals surface area contributed by atoms with Crippen LogP contribution in [0.4, 0.5) is 5.69 Å².